The standard InChI is InChI=1S/C19H26N4O2S.HI/c1-23(2)19(21-15-17-9-5-3-6-10-17)20-13-14-26(24,25)22-16-18-11-7-4-8-12-18;/h3-12,22H,13-16H2,1-2H3,(H,20,21);1H. The molecule has 0 unspecified atom stereocenters. The molecule has 27 heavy (non-hydrogen) atoms. The van der Waals surface area contributed by atoms with Gasteiger partial charge in [0.2, 0.25) is 10.0 Å². The molecule has 2 rings (SSSR count). The minimum atomic E-state index is -3.35. The zero-order valence-electron chi connectivity index (χ0n) is 15.6. The number of nitrogens with one attached hydrogen (secondary N) is 2. The maximum atomic E-state index is 12.1. The fraction of sp³-hybridized carbons (Fsp3) is 0.316. The van der Waals surface area contributed by atoms with Gasteiger partial charge in [-0.3, -0.25) is 0 Å². The van der Waals surface area contributed by atoms with E-state index in [1.54, 1.807) is 0 Å². The third kappa shape index (κ3) is 9.21. The Morgan fingerprint density at radius 2 is 1.52 bits per heavy atom. The minimum Gasteiger partial charge on any atom is -0.355 e. The molecule has 2 aromatic carbocycles. The number of nitrogens with zero attached hydrogens (tertiary/aromatic N) is 2. The van der Waals surface area contributed by atoms with Gasteiger partial charge in [-0.15, -0.1) is 24.0 Å². The SMILES string of the molecule is CN(C)C(=NCc1ccccc1)NCCS(=O)(=O)NCc1ccccc1.I. The van der Waals surface area contributed by atoms with E-state index in [2.05, 4.69) is 15.0 Å². The third-order valence-electron chi connectivity index (χ3n) is 3.67. The second kappa shape index (κ2) is 11.9. The Balaban J connectivity index is 0.00000364. The smallest absolute Gasteiger partial charge is 0.213 e. The van der Waals surface area contributed by atoms with Crippen molar-refractivity contribution >= 4 is 40.0 Å². The van der Waals surface area contributed by atoms with Gasteiger partial charge in [0.25, 0.3) is 0 Å². The van der Waals surface area contributed by atoms with Gasteiger partial charge in [0.15, 0.2) is 5.96 Å². The molecule has 6 nitrogen and oxygen atoms in total. The summed E-state index contributed by atoms with van der Waals surface area (Å²) in [5.41, 5.74) is 2.04. The number of hydrogen-bond donors (Lipinski definition) is 2. The number of rotatable bonds is 8. The molecule has 2 aromatic rings. The molecule has 148 valence electrons. The molecule has 2 N–H and O–H groups in total. The summed E-state index contributed by atoms with van der Waals surface area (Å²) in [5.74, 6) is 0.644. The van der Waals surface area contributed by atoms with E-state index in [1.165, 1.54) is 0 Å². The van der Waals surface area contributed by atoms with Crippen LogP contribution in [0.1, 0.15) is 11.1 Å². The molecule has 0 amide bonds. The highest BCUT2D eigenvalue weighted by Crippen LogP contribution is 2.01. The molecule has 0 aliphatic heterocycles. The molecule has 0 bridgehead atoms. The van der Waals surface area contributed by atoms with Gasteiger partial charge in [0, 0.05) is 27.2 Å². The van der Waals surface area contributed by atoms with Crippen LogP contribution in [0.25, 0.3) is 0 Å². The molecule has 0 radical (unpaired) electrons. The van der Waals surface area contributed by atoms with Crippen molar-refractivity contribution in [3.63, 3.8) is 0 Å². The summed E-state index contributed by atoms with van der Waals surface area (Å²) in [6, 6.07) is 19.4. The van der Waals surface area contributed by atoms with Crippen molar-refractivity contribution < 1.29 is 8.42 Å². The Kier molecular flexibility index (Phi) is 10.3. The van der Waals surface area contributed by atoms with Crippen molar-refractivity contribution in [1.82, 2.24) is 14.9 Å². The second-order valence-electron chi connectivity index (χ2n) is 6.07. The molecule has 0 saturated carbocycles. The first kappa shape index (κ1) is 23.4. The van der Waals surface area contributed by atoms with Gasteiger partial charge in [-0.05, 0) is 11.1 Å². The Labute approximate surface area is 179 Å². The van der Waals surface area contributed by atoms with Gasteiger partial charge in [0.05, 0.1) is 12.3 Å². The van der Waals surface area contributed by atoms with Gasteiger partial charge in [-0.2, -0.15) is 0 Å². The van der Waals surface area contributed by atoms with E-state index in [4.69, 9.17) is 0 Å². The first-order valence-electron chi connectivity index (χ1n) is 8.47. The van der Waals surface area contributed by atoms with Crippen molar-refractivity contribution in [3.8, 4) is 0 Å². The Morgan fingerprint density at radius 1 is 0.963 bits per heavy atom. The zero-order chi connectivity index (χ0) is 18.8. The number of halogens is 1. The summed E-state index contributed by atoms with van der Waals surface area (Å²) < 4.78 is 26.9. The van der Waals surface area contributed by atoms with Crippen LogP contribution in [0.15, 0.2) is 65.7 Å². The van der Waals surface area contributed by atoms with Crippen LogP contribution < -0.4 is 10.0 Å². The highest BCUT2D eigenvalue weighted by Gasteiger charge is 2.11. The van der Waals surface area contributed by atoms with E-state index < -0.39 is 10.0 Å². The predicted molar refractivity (Wildman–Crippen MR) is 122 cm³/mol. The van der Waals surface area contributed by atoms with Crippen LogP contribution in [0.3, 0.4) is 0 Å². The number of aliphatic imine (C=N–C) groups is 1. The molecule has 0 aromatic heterocycles. The van der Waals surface area contributed by atoms with Gasteiger partial charge in [0.1, 0.15) is 0 Å². The molecular weight excluding hydrogens is 475 g/mol. The van der Waals surface area contributed by atoms with Gasteiger partial charge in [-0.1, -0.05) is 60.7 Å². The molecule has 0 heterocycles. The van der Waals surface area contributed by atoms with Crippen LogP contribution in [0.2, 0.25) is 0 Å². The monoisotopic (exact) mass is 502 g/mol. The van der Waals surface area contributed by atoms with Crippen molar-refractivity contribution in [1.29, 1.82) is 0 Å². The average Bonchev–Trinajstić information content (AvgIpc) is 2.64. The normalized spacial score (nSPS) is 11.6. The number of sulfonamides is 1. The van der Waals surface area contributed by atoms with Crippen molar-refractivity contribution in [3.05, 3.63) is 71.8 Å². The predicted octanol–water partition coefficient (Wildman–Crippen LogP) is 2.43. The summed E-state index contributed by atoms with van der Waals surface area (Å²) in [6.45, 7) is 1.13. The highest BCUT2D eigenvalue weighted by molar-refractivity contribution is 14.0. The Morgan fingerprint density at radius 3 is 2.07 bits per heavy atom. The van der Waals surface area contributed by atoms with Gasteiger partial charge in [-0.25, -0.2) is 18.1 Å². The van der Waals surface area contributed by atoms with Crippen molar-refractivity contribution in [2.45, 2.75) is 13.1 Å². The number of hydrogen-bond acceptors (Lipinski definition) is 3. The van der Waals surface area contributed by atoms with Crippen LogP contribution >= 0.6 is 24.0 Å². The second-order valence-corrected chi connectivity index (χ2v) is 8.00. The number of benzene rings is 2. The molecule has 0 atom stereocenters. The molecule has 0 fully saturated rings. The topological polar surface area (TPSA) is 73.8 Å². The van der Waals surface area contributed by atoms with Gasteiger partial charge < -0.3 is 10.2 Å². The van der Waals surface area contributed by atoms with E-state index in [0.717, 1.165) is 11.1 Å². The molecule has 0 aliphatic rings. The summed E-state index contributed by atoms with van der Waals surface area (Å²) in [4.78, 5) is 6.36. The third-order valence-corrected chi connectivity index (χ3v) is 5.00. The van der Waals surface area contributed by atoms with Crippen LogP contribution in [0.4, 0.5) is 0 Å². The van der Waals surface area contributed by atoms with E-state index >= 15 is 0 Å². The van der Waals surface area contributed by atoms with Crippen molar-refractivity contribution in [2.24, 2.45) is 4.99 Å². The van der Waals surface area contributed by atoms with E-state index in [1.807, 2.05) is 79.7 Å². The summed E-state index contributed by atoms with van der Waals surface area (Å²) in [5, 5.41) is 3.10. The van der Waals surface area contributed by atoms with Crippen LogP contribution in [0.5, 0.6) is 0 Å². The lowest BCUT2D eigenvalue weighted by molar-refractivity contribution is 0.570. The zero-order valence-corrected chi connectivity index (χ0v) is 18.8. The maximum absolute atomic E-state index is 12.1. The lowest BCUT2D eigenvalue weighted by Gasteiger charge is -2.18. The Bertz CT molecular complexity index is 797. The first-order valence-corrected chi connectivity index (χ1v) is 10.1. The summed E-state index contributed by atoms with van der Waals surface area (Å²) in [6.07, 6.45) is 0. The largest absolute Gasteiger partial charge is 0.355 e. The van der Waals surface area contributed by atoms with E-state index in [0.29, 0.717) is 19.0 Å². The van der Waals surface area contributed by atoms with Crippen LogP contribution in [-0.2, 0) is 23.1 Å². The fourth-order valence-electron chi connectivity index (χ4n) is 2.26. The minimum absolute atomic E-state index is 0. The average molecular weight is 502 g/mol. The lowest BCUT2D eigenvalue weighted by atomic mass is 10.2. The van der Waals surface area contributed by atoms with E-state index in [-0.39, 0.29) is 36.3 Å². The maximum Gasteiger partial charge on any atom is 0.213 e. The molecule has 0 spiro atoms. The first-order chi connectivity index (χ1) is 12.5. The van der Waals surface area contributed by atoms with Crippen LogP contribution in [-0.4, -0.2) is 45.7 Å². The number of guanidine groups is 1. The molecule has 0 saturated heterocycles. The van der Waals surface area contributed by atoms with E-state index in [9.17, 15) is 8.42 Å². The molecule has 8 heteroatoms. The van der Waals surface area contributed by atoms with Crippen LogP contribution in [0, 0.1) is 0 Å². The highest BCUT2D eigenvalue weighted by atomic mass is 127. The quantitative estimate of drug-likeness (QED) is 0.331. The summed E-state index contributed by atoms with van der Waals surface area (Å²) >= 11 is 0. The lowest BCUT2D eigenvalue weighted by Crippen LogP contribution is -2.40. The Hall–Kier alpha value is -1.65. The molecular formula is C19H27IN4O2S. The van der Waals surface area contributed by atoms with Crippen molar-refractivity contribution in [2.75, 3.05) is 26.4 Å². The molecule has 0 aliphatic carbocycles. The summed E-state index contributed by atoms with van der Waals surface area (Å²) in [7, 11) is 0.394. The van der Waals surface area contributed by atoms with Gasteiger partial charge >= 0.3 is 0 Å². The fourth-order valence-corrected chi connectivity index (χ4v) is 3.17.